The van der Waals surface area contributed by atoms with Crippen LogP contribution in [0.3, 0.4) is 0 Å². The van der Waals surface area contributed by atoms with Crippen LogP contribution in [0.1, 0.15) is 52.4 Å². The molecule has 4 nitrogen and oxygen atoms in total. The Balaban J connectivity index is 2.24. The molecule has 0 radical (unpaired) electrons. The normalized spacial score (nSPS) is 11.8. The lowest BCUT2D eigenvalue weighted by molar-refractivity contribution is -0.151. The number of carbonyl (C=O) groups excluding carboxylic acids is 2. The highest BCUT2D eigenvalue weighted by atomic mass is 35.5. The summed E-state index contributed by atoms with van der Waals surface area (Å²) in [6, 6.07) is 6.57. The minimum absolute atomic E-state index is 0.00692. The van der Waals surface area contributed by atoms with Gasteiger partial charge in [-0.1, -0.05) is 37.4 Å². The first kappa shape index (κ1) is 18.5. The second-order valence-electron chi connectivity index (χ2n) is 5.23. The monoisotopic (exact) mass is 326 g/mol. The minimum Gasteiger partial charge on any atom is -0.463 e. The maximum atomic E-state index is 11.7. The van der Waals surface area contributed by atoms with Crippen LogP contribution in [0.15, 0.2) is 24.3 Å². The molecule has 1 unspecified atom stereocenters. The first-order chi connectivity index (χ1) is 10.5. The fraction of sp³-hybridized carbons (Fsp3) is 0.529. The smallest absolute Gasteiger partial charge is 0.311 e. The molecule has 0 N–H and O–H groups in total. The zero-order valence-corrected chi connectivity index (χ0v) is 13.9. The van der Waals surface area contributed by atoms with E-state index in [1.165, 1.54) is 0 Å². The number of ether oxygens (including phenoxy) is 2. The molecule has 0 aromatic heterocycles. The van der Waals surface area contributed by atoms with Gasteiger partial charge in [0.15, 0.2) is 0 Å². The van der Waals surface area contributed by atoms with Gasteiger partial charge >= 0.3 is 11.9 Å². The van der Waals surface area contributed by atoms with Gasteiger partial charge < -0.3 is 9.47 Å². The van der Waals surface area contributed by atoms with Gasteiger partial charge in [-0.15, -0.1) is 0 Å². The molecule has 1 atom stereocenters. The van der Waals surface area contributed by atoms with Gasteiger partial charge in [-0.2, -0.15) is 0 Å². The second kappa shape index (κ2) is 10.2. The Hall–Kier alpha value is -1.55. The van der Waals surface area contributed by atoms with E-state index in [-0.39, 0.29) is 24.9 Å². The molecule has 1 rings (SSSR count). The topological polar surface area (TPSA) is 52.6 Å². The molecule has 22 heavy (non-hydrogen) atoms. The Morgan fingerprint density at radius 2 is 1.91 bits per heavy atom. The van der Waals surface area contributed by atoms with Crippen molar-refractivity contribution in [2.45, 2.75) is 58.5 Å². The van der Waals surface area contributed by atoms with Gasteiger partial charge in [-0.3, -0.25) is 9.59 Å². The maximum Gasteiger partial charge on any atom is 0.311 e. The molecule has 5 heteroatoms. The Bertz CT molecular complexity index is 487. The molecule has 122 valence electrons. The fourth-order valence-corrected chi connectivity index (χ4v) is 2.12. The van der Waals surface area contributed by atoms with Crippen LogP contribution in [0.5, 0.6) is 5.75 Å². The molecule has 0 saturated heterocycles. The van der Waals surface area contributed by atoms with Gasteiger partial charge in [0, 0.05) is 5.02 Å². The summed E-state index contributed by atoms with van der Waals surface area (Å²) in [5.74, 6) is -0.469. The van der Waals surface area contributed by atoms with Gasteiger partial charge in [0.1, 0.15) is 5.75 Å². The summed E-state index contributed by atoms with van der Waals surface area (Å²) in [7, 11) is 0. The highest BCUT2D eigenvalue weighted by Gasteiger charge is 2.13. The third-order valence-electron chi connectivity index (χ3n) is 3.11. The van der Waals surface area contributed by atoms with Crippen molar-refractivity contribution in [3.63, 3.8) is 0 Å². The molecule has 0 spiro atoms. The van der Waals surface area contributed by atoms with Crippen LogP contribution in [0, 0.1) is 0 Å². The first-order valence-electron chi connectivity index (χ1n) is 7.67. The van der Waals surface area contributed by atoms with E-state index in [9.17, 15) is 9.59 Å². The third-order valence-corrected chi connectivity index (χ3v) is 3.34. The Morgan fingerprint density at radius 3 is 2.59 bits per heavy atom. The van der Waals surface area contributed by atoms with E-state index in [0.29, 0.717) is 10.8 Å². The van der Waals surface area contributed by atoms with E-state index in [2.05, 4.69) is 6.92 Å². The van der Waals surface area contributed by atoms with E-state index in [1.807, 2.05) is 6.92 Å². The average Bonchev–Trinajstić information content (AvgIpc) is 2.45. The summed E-state index contributed by atoms with van der Waals surface area (Å²) in [6.45, 7) is 4.00. The standard InChI is InChI=1S/C17H23ClO4/c1-3-4-5-7-13(2)21-16(19)10-11-17(20)22-15-9-6-8-14(18)12-15/h6,8-9,12-13H,3-5,7,10-11H2,1-2H3. The van der Waals surface area contributed by atoms with E-state index < -0.39 is 5.97 Å². The molecule has 1 aromatic carbocycles. The molecule has 0 saturated carbocycles. The number of esters is 2. The Kier molecular flexibility index (Phi) is 8.60. The second-order valence-corrected chi connectivity index (χ2v) is 5.66. The summed E-state index contributed by atoms with van der Waals surface area (Å²) in [5.41, 5.74) is 0. The summed E-state index contributed by atoms with van der Waals surface area (Å²) in [6.07, 6.45) is 4.07. The molecule has 0 heterocycles. The Morgan fingerprint density at radius 1 is 1.18 bits per heavy atom. The van der Waals surface area contributed by atoms with Crippen molar-refractivity contribution < 1.29 is 19.1 Å². The van der Waals surface area contributed by atoms with E-state index in [4.69, 9.17) is 21.1 Å². The van der Waals surface area contributed by atoms with Crippen molar-refractivity contribution in [3.8, 4) is 5.75 Å². The molecule has 0 fully saturated rings. The molecular weight excluding hydrogens is 304 g/mol. The van der Waals surface area contributed by atoms with Crippen LogP contribution in [0.2, 0.25) is 5.02 Å². The highest BCUT2D eigenvalue weighted by molar-refractivity contribution is 6.30. The SMILES string of the molecule is CCCCCC(C)OC(=O)CCC(=O)Oc1cccc(Cl)c1. The first-order valence-corrected chi connectivity index (χ1v) is 8.04. The quantitative estimate of drug-likeness (QED) is 0.380. The summed E-state index contributed by atoms with van der Waals surface area (Å²) < 4.78 is 10.3. The number of unbranched alkanes of at least 4 members (excludes halogenated alkanes) is 2. The van der Waals surface area contributed by atoms with E-state index >= 15 is 0 Å². The fourth-order valence-electron chi connectivity index (χ4n) is 1.94. The predicted molar refractivity (Wildman–Crippen MR) is 86.0 cm³/mol. The largest absolute Gasteiger partial charge is 0.463 e. The van der Waals surface area contributed by atoms with Crippen molar-refractivity contribution in [2.24, 2.45) is 0 Å². The number of hydrogen-bond acceptors (Lipinski definition) is 4. The van der Waals surface area contributed by atoms with E-state index in [0.717, 1.165) is 25.7 Å². The van der Waals surface area contributed by atoms with Crippen molar-refractivity contribution in [3.05, 3.63) is 29.3 Å². The van der Waals surface area contributed by atoms with Crippen molar-refractivity contribution in [2.75, 3.05) is 0 Å². The van der Waals surface area contributed by atoms with Gasteiger partial charge in [0.2, 0.25) is 0 Å². The molecule has 0 aliphatic carbocycles. The lowest BCUT2D eigenvalue weighted by Crippen LogP contribution is -2.17. The highest BCUT2D eigenvalue weighted by Crippen LogP contribution is 2.17. The van der Waals surface area contributed by atoms with Crippen LogP contribution in [0.4, 0.5) is 0 Å². The number of rotatable bonds is 9. The van der Waals surface area contributed by atoms with Crippen LogP contribution in [-0.2, 0) is 14.3 Å². The van der Waals surface area contributed by atoms with Crippen LogP contribution in [0.25, 0.3) is 0 Å². The molecular formula is C17H23ClO4. The van der Waals surface area contributed by atoms with Gasteiger partial charge in [-0.05, 0) is 38.0 Å². The molecule has 0 aliphatic heterocycles. The number of carbonyl (C=O) groups is 2. The summed E-state index contributed by atoms with van der Waals surface area (Å²) in [5, 5.41) is 0.491. The summed E-state index contributed by atoms with van der Waals surface area (Å²) >= 11 is 5.80. The van der Waals surface area contributed by atoms with Gasteiger partial charge in [-0.25, -0.2) is 0 Å². The average molecular weight is 327 g/mol. The lowest BCUT2D eigenvalue weighted by atomic mass is 10.1. The minimum atomic E-state index is -0.474. The van der Waals surface area contributed by atoms with Gasteiger partial charge in [0.05, 0.1) is 18.9 Å². The molecule has 0 amide bonds. The van der Waals surface area contributed by atoms with Gasteiger partial charge in [0.25, 0.3) is 0 Å². The van der Waals surface area contributed by atoms with Crippen LogP contribution >= 0.6 is 11.6 Å². The predicted octanol–water partition coefficient (Wildman–Crippen LogP) is 4.54. The maximum absolute atomic E-state index is 11.7. The third kappa shape index (κ3) is 8.03. The van der Waals surface area contributed by atoms with E-state index in [1.54, 1.807) is 24.3 Å². The zero-order chi connectivity index (χ0) is 16.4. The molecule has 0 bridgehead atoms. The van der Waals surface area contributed by atoms with Crippen molar-refractivity contribution in [1.82, 2.24) is 0 Å². The van der Waals surface area contributed by atoms with Crippen molar-refractivity contribution in [1.29, 1.82) is 0 Å². The lowest BCUT2D eigenvalue weighted by Gasteiger charge is -2.12. The number of benzene rings is 1. The van der Waals surface area contributed by atoms with Crippen LogP contribution in [-0.4, -0.2) is 18.0 Å². The number of hydrogen-bond donors (Lipinski definition) is 0. The zero-order valence-electron chi connectivity index (χ0n) is 13.1. The molecule has 0 aliphatic rings. The van der Waals surface area contributed by atoms with Crippen molar-refractivity contribution >= 4 is 23.5 Å². The van der Waals surface area contributed by atoms with Crippen LogP contribution < -0.4 is 4.74 Å². The number of halogens is 1. The molecule has 1 aromatic rings. The Labute approximate surface area is 136 Å². The summed E-state index contributed by atoms with van der Waals surface area (Å²) in [4.78, 5) is 23.3.